The van der Waals surface area contributed by atoms with Crippen LogP contribution in [0.4, 0.5) is 0 Å². The van der Waals surface area contributed by atoms with Gasteiger partial charge in [-0.3, -0.25) is 9.97 Å². The number of nitrogens with one attached hydrogen (secondary N) is 4. The molecule has 4 N–H and O–H groups in total. The van der Waals surface area contributed by atoms with Crippen LogP contribution in [-0.2, 0) is 26.2 Å². The van der Waals surface area contributed by atoms with Gasteiger partial charge in [0.2, 0.25) is 0 Å². The minimum Gasteiger partial charge on any atom is -0.310 e. The highest BCUT2D eigenvalue weighted by Crippen LogP contribution is 2.01. The van der Waals surface area contributed by atoms with E-state index >= 15 is 0 Å². The molecule has 3 rings (SSSR count). The summed E-state index contributed by atoms with van der Waals surface area (Å²) in [5, 5.41) is 14.1. The van der Waals surface area contributed by atoms with Crippen LogP contribution in [-0.4, -0.2) is 86.2 Å². The number of rotatable bonds is 0. The molecule has 176 valence electrons. The van der Waals surface area contributed by atoms with Gasteiger partial charge in [-0.1, -0.05) is 12.1 Å². The first-order valence-corrected chi connectivity index (χ1v) is 11.8. The first kappa shape index (κ1) is 24.7. The molecule has 0 saturated heterocycles. The Balaban J connectivity index is 1.51. The van der Waals surface area contributed by atoms with Crippen molar-refractivity contribution in [2.24, 2.45) is 0 Å². The van der Waals surface area contributed by atoms with Gasteiger partial charge in [-0.2, -0.15) is 0 Å². The lowest BCUT2D eigenvalue weighted by molar-refractivity contribution is 0.327. The number of hydrogen-bond donors (Lipinski definition) is 4. The van der Waals surface area contributed by atoms with Crippen LogP contribution in [0.5, 0.6) is 0 Å². The molecule has 8 nitrogen and oxygen atoms in total. The quantitative estimate of drug-likeness (QED) is 0.469. The van der Waals surface area contributed by atoms with E-state index in [0.29, 0.717) is 0 Å². The summed E-state index contributed by atoms with van der Waals surface area (Å²) < 4.78 is 0. The van der Waals surface area contributed by atoms with E-state index in [9.17, 15) is 0 Å². The average molecular weight is 441 g/mol. The highest BCUT2D eigenvalue weighted by Gasteiger charge is 2.03. The SMILES string of the molecule is CN1CCNCc2cccc(n2)CNCCN(C)CCNCc2cccc(n2)CNCC1. The first-order chi connectivity index (χ1) is 15.7. The average Bonchev–Trinajstić information content (AvgIpc) is 2.80. The summed E-state index contributed by atoms with van der Waals surface area (Å²) in [5.41, 5.74) is 4.39. The Bertz CT molecular complexity index is 664. The lowest BCUT2D eigenvalue weighted by Crippen LogP contribution is -2.34. The molecule has 0 saturated carbocycles. The number of pyridine rings is 2. The van der Waals surface area contributed by atoms with Crippen molar-refractivity contribution in [2.45, 2.75) is 26.2 Å². The van der Waals surface area contributed by atoms with Gasteiger partial charge in [0.15, 0.2) is 0 Å². The Morgan fingerprint density at radius 3 is 1.09 bits per heavy atom. The fourth-order valence-electron chi connectivity index (χ4n) is 3.62. The largest absolute Gasteiger partial charge is 0.310 e. The van der Waals surface area contributed by atoms with Crippen LogP contribution in [0.3, 0.4) is 0 Å². The van der Waals surface area contributed by atoms with Crippen molar-refractivity contribution >= 4 is 0 Å². The third-order valence-electron chi connectivity index (χ3n) is 5.63. The van der Waals surface area contributed by atoms with Crippen LogP contribution in [0.1, 0.15) is 22.8 Å². The van der Waals surface area contributed by atoms with Gasteiger partial charge in [0.05, 0.1) is 22.8 Å². The Morgan fingerprint density at radius 2 is 0.812 bits per heavy atom. The third kappa shape index (κ3) is 9.68. The molecule has 2 aromatic rings. The van der Waals surface area contributed by atoms with Gasteiger partial charge >= 0.3 is 0 Å². The Morgan fingerprint density at radius 1 is 0.531 bits per heavy atom. The van der Waals surface area contributed by atoms with Crippen molar-refractivity contribution in [2.75, 3.05) is 66.5 Å². The molecule has 0 amide bonds. The fraction of sp³-hybridized carbons (Fsp3) is 0.583. The predicted molar refractivity (Wildman–Crippen MR) is 130 cm³/mol. The van der Waals surface area contributed by atoms with Gasteiger partial charge in [0.1, 0.15) is 0 Å². The Labute approximate surface area is 193 Å². The Kier molecular flexibility index (Phi) is 11.0. The summed E-state index contributed by atoms with van der Waals surface area (Å²) in [7, 11) is 4.33. The van der Waals surface area contributed by atoms with Gasteiger partial charge < -0.3 is 31.1 Å². The van der Waals surface area contributed by atoms with Crippen LogP contribution >= 0.6 is 0 Å². The summed E-state index contributed by atoms with van der Waals surface area (Å²) >= 11 is 0. The molecular weight excluding hydrogens is 400 g/mol. The second kappa shape index (κ2) is 14.3. The number of fused-ring (bicyclic) bond motifs is 4. The van der Waals surface area contributed by atoms with Crippen molar-refractivity contribution in [3.63, 3.8) is 0 Å². The van der Waals surface area contributed by atoms with Crippen LogP contribution in [0.2, 0.25) is 0 Å². The maximum Gasteiger partial charge on any atom is 0.0545 e. The van der Waals surface area contributed by atoms with Gasteiger partial charge in [-0.05, 0) is 38.4 Å². The van der Waals surface area contributed by atoms with Crippen LogP contribution in [0.15, 0.2) is 36.4 Å². The lowest BCUT2D eigenvalue weighted by atomic mass is 10.3. The van der Waals surface area contributed by atoms with E-state index in [1.165, 1.54) is 0 Å². The molecule has 0 spiro atoms. The third-order valence-corrected chi connectivity index (χ3v) is 5.63. The monoisotopic (exact) mass is 440 g/mol. The topological polar surface area (TPSA) is 80.4 Å². The molecular formula is C24H40N8. The number of nitrogens with zero attached hydrogens (tertiary/aromatic N) is 4. The molecule has 0 fully saturated rings. The van der Waals surface area contributed by atoms with Gasteiger partial charge in [0, 0.05) is 78.5 Å². The normalized spacial score (nSPS) is 19.8. The highest BCUT2D eigenvalue weighted by atomic mass is 15.1. The molecule has 4 bridgehead atoms. The second-order valence-corrected chi connectivity index (χ2v) is 8.55. The van der Waals surface area contributed by atoms with Gasteiger partial charge in [-0.25, -0.2) is 0 Å². The molecule has 0 atom stereocenters. The number of likely N-dealkylation sites (N-methyl/N-ethyl adjacent to an activating group) is 2. The predicted octanol–water partition coefficient (Wildman–Crippen LogP) is 0.412. The molecule has 0 aliphatic carbocycles. The fourth-order valence-corrected chi connectivity index (χ4v) is 3.62. The molecule has 1 aliphatic heterocycles. The van der Waals surface area contributed by atoms with E-state index in [2.05, 4.69) is 81.6 Å². The maximum atomic E-state index is 4.78. The summed E-state index contributed by atoms with van der Waals surface area (Å²) in [5.74, 6) is 0. The Hall–Kier alpha value is -1.94. The minimum atomic E-state index is 0.803. The summed E-state index contributed by atoms with van der Waals surface area (Å²) in [6.07, 6.45) is 0. The van der Waals surface area contributed by atoms with Gasteiger partial charge in [0.25, 0.3) is 0 Å². The molecule has 0 aromatic carbocycles. The van der Waals surface area contributed by atoms with E-state index in [1.807, 2.05) is 0 Å². The second-order valence-electron chi connectivity index (χ2n) is 8.55. The molecule has 3 heterocycles. The number of aromatic nitrogens is 2. The highest BCUT2D eigenvalue weighted by molar-refractivity contribution is 5.12. The molecule has 8 heteroatoms. The smallest absolute Gasteiger partial charge is 0.0545 e. The van der Waals surface area contributed by atoms with Crippen molar-refractivity contribution in [3.8, 4) is 0 Å². The zero-order valence-electron chi connectivity index (χ0n) is 19.7. The van der Waals surface area contributed by atoms with Crippen LogP contribution in [0, 0.1) is 0 Å². The van der Waals surface area contributed by atoms with E-state index in [4.69, 9.17) is 9.97 Å². The van der Waals surface area contributed by atoms with Crippen LogP contribution in [0.25, 0.3) is 0 Å². The minimum absolute atomic E-state index is 0.803. The van der Waals surface area contributed by atoms with Crippen molar-refractivity contribution in [1.29, 1.82) is 0 Å². The molecule has 32 heavy (non-hydrogen) atoms. The first-order valence-electron chi connectivity index (χ1n) is 11.8. The van der Waals surface area contributed by atoms with Crippen molar-refractivity contribution in [1.82, 2.24) is 41.0 Å². The van der Waals surface area contributed by atoms with E-state index in [1.54, 1.807) is 0 Å². The summed E-state index contributed by atoms with van der Waals surface area (Å²) in [4.78, 5) is 14.2. The standard InChI is InChI=1S/C24H40N8/c1-31-13-9-25-17-21-5-3-7-23(29-21)19-27-11-15-32(2)16-12-28-20-24-8-4-6-22(30-24)18-26-10-14-31/h3-8,25-28H,9-20H2,1-2H3. The van der Waals surface area contributed by atoms with Crippen molar-refractivity contribution < 1.29 is 0 Å². The molecule has 2 aromatic heterocycles. The lowest BCUT2D eigenvalue weighted by Gasteiger charge is -2.18. The zero-order valence-corrected chi connectivity index (χ0v) is 19.7. The maximum absolute atomic E-state index is 4.78. The van der Waals surface area contributed by atoms with E-state index < -0.39 is 0 Å². The summed E-state index contributed by atoms with van der Waals surface area (Å²) in [6, 6.07) is 12.6. The van der Waals surface area contributed by atoms with E-state index in [-0.39, 0.29) is 0 Å². The van der Waals surface area contributed by atoms with Crippen LogP contribution < -0.4 is 21.3 Å². The van der Waals surface area contributed by atoms with Crippen molar-refractivity contribution in [3.05, 3.63) is 59.2 Å². The number of hydrogen-bond acceptors (Lipinski definition) is 8. The zero-order chi connectivity index (χ0) is 22.4. The van der Waals surface area contributed by atoms with E-state index in [0.717, 1.165) is 101 Å². The molecule has 0 unspecified atom stereocenters. The molecule has 1 aliphatic rings. The summed E-state index contributed by atoms with van der Waals surface area (Å²) in [6.45, 7) is 11.0. The molecule has 0 radical (unpaired) electrons. The van der Waals surface area contributed by atoms with Gasteiger partial charge in [-0.15, -0.1) is 0 Å².